The van der Waals surface area contributed by atoms with Crippen molar-refractivity contribution in [2.75, 3.05) is 5.32 Å². The van der Waals surface area contributed by atoms with Gasteiger partial charge in [-0.1, -0.05) is 0 Å². The Hall–Kier alpha value is -2.95. The Kier molecular flexibility index (Phi) is 3.46. The second kappa shape index (κ2) is 5.55. The predicted molar refractivity (Wildman–Crippen MR) is 94.2 cm³/mol. The summed E-state index contributed by atoms with van der Waals surface area (Å²) < 4.78 is 13.4. The number of nitrogens with one attached hydrogen (secondary N) is 2. The maximum atomic E-state index is 13.4. The fraction of sp³-hybridized carbons (Fsp3) is 0.200. The van der Waals surface area contributed by atoms with E-state index in [1.165, 1.54) is 19.1 Å². The molecule has 1 heterocycles. The molecule has 1 fully saturated rings. The normalized spacial score (nSPS) is 15.1. The van der Waals surface area contributed by atoms with Crippen LogP contribution in [0.1, 0.15) is 35.7 Å². The molecule has 0 aliphatic heterocycles. The fourth-order valence-corrected chi connectivity index (χ4v) is 3.28. The molecule has 5 heteroatoms. The molecule has 1 saturated carbocycles. The van der Waals surface area contributed by atoms with Crippen molar-refractivity contribution in [2.24, 2.45) is 0 Å². The number of hydrogen-bond donors (Lipinski definition) is 2. The van der Waals surface area contributed by atoms with E-state index in [0.29, 0.717) is 16.8 Å². The summed E-state index contributed by atoms with van der Waals surface area (Å²) >= 11 is 0. The van der Waals surface area contributed by atoms with E-state index in [4.69, 9.17) is 0 Å². The van der Waals surface area contributed by atoms with Gasteiger partial charge in [0, 0.05) is 28.4 Å². The third-order valence-electron chi connectivity index (χ3n) is 4.89. The molecule has 0 atom stereocenters. The molecular weight excluding hydrogens is 319 g/mol. The molecule has 0 spiro atoms. The van der Waals surface area contributed by atoms with E-state index in [-0.39, 0.29) is 17.5 Å². The molecule has 1 aliphatic carbocycles. The summed E-state index contributed by atoms with van der Waals surface area (Å²) in [5.41, 5.74) is 2.29. The minimum Gasteiger partial charge on any atom is -0.361 e. The number of ketones is 1. The summed E-state index contributed by atoms with van der Waals surface area (Å²) in [5, 5.41) is 3.81. The van der Waals surface area contributed by atoms with Gasteiger partial charge in [-0.15, -0.1) is 0 Å². The first-order valence-corrected chi connectivity index (χ1v) is 8.19. The zero-order chi connectivity index (χ0) is 17.6. The number of halogens is 1. The molecule has 1 aromatic heterocycles. The van der Waals surface area contributed by atoms with Crippen LogP contribution in [-0.4, -0.2) is 16.7 Å². The molecule has 25 heavy (non-hydrogen) atoms. The summed E-state index contributed by atoms with van der Waals surface area (Å²) in [6.45, 7) is 1.51. The van der Waals surface area contributed by atoms with Crippen molar-refractivity contribution in [1.82, 2.24) is 4.98 Å². The molecule has 4 nitrogen and oxygen atoms in total. The topological polar surface area (TPSA) is 62.0 Å². The third-order valence-corrected chi connectivity index (χ3v) is 4.89. The molecule has 2 aromatic carbocycles. The zero-order valence-electron chi connectivity index (χ0n) is 13.7. The largest absolute Gasteiger partial charge is 0.361 e. The summed E-state index contributed by atoms with van der Waals surface area (Å²) in [5.74, 6) is -0.392. The van der Waals surface area contributed by atoms with Crippen LogP contribution in [0.2, 0.25) is 0 Å². The molecule has 3 aromatic rings. The number of amides is 1. The minimum absolute atomic E-state index is 0.0115. The lowest BCUT2D eigenvalue weighted by atomic mass is 9.94. The van der Waals surface area contributed by atoms with Gasteiger partial charge in [-0.2, -0.15) is 0 Å². The quantitative estimate of drug-likeness (QED) is 0.702. The van der Waals surface area contributed by atoms with Crippen molar-refractivity contribution in [1.29, 1.82) is 0 Å². The number of rotatable bonds is 4. The van der Waals surface area contributed by atoms with E-state index in [1.807, 2.05) is 0 Å². The second-order valence-corrected chi connectivity index (χ2v) is 6.56. The highest BCUT2D eigenvalue weighted by atomic mass is 19.1. The van der Waals surface area contributed by atoms with Gasteiger partial charge in [0.2, 0.25) is 5.91 Å². The number of fused-ring (bicyclic) bond motifs is 1. The van der Waals surface area contributed by atoms with Gasteiger partial charge < -0.3 is 10.3 Å². The zero-order valence-corrected chi connectivity index (χ0v) is 13.7. The Morgan fingerprint density at radius 3 is 2.48 bits per heavy atom. The lowest BCUT2D eigenvalue weighted by molar-refractivity contribution is -0.118. The van der Waals surface area contributed by atoms with Crippen LogP contribution in [0.3, 0.4) is 0 Å². The summed E-state index contributed by atoms with van der Waals surface area (Å²) in [7, 11) is 0. The van der Waals surface area contributed by atoms with Gasteiger partial charge in [0.15, 0.2) is 5.78 Å². The van der Waals surface area contributed by atoms with Gasteiger partial charge in [0.25, 0.3) is 0 Å². The number of anilines is 1. The molecule has 1 amide bonds. The molecule has 0 radical (unpaired) electrons. The number of H-pyrrole nitrogens is 1. The first kappa shape index (κ1) is 15.6. The first-order valence-electron chi connectivity index (χ1n) is 8.19. The number of carbonyl (C=O) groups excluding carboxylic acids is 2. The Morgan fingerprint density at radius 1 is 1.12 bits per heavy atom. The summed E-state index contributed by atoms with van der Waals surface area (Å²) in [6, 6.07) is 11.4. The number of Topliss-reactive ketones (excluding diaryl/α,β-unsaturated/α-hetero) is 1. The van der Waals surface area contributed by atoms with Gasteiger partial charge in [0.05, 0.1) is 5.41 Å². The molecule has 2 N–H and O–H groups in total. The minimum atomic E-state index is -0.574. The van der Waals surface area contributed by atoms with Crippen LogP contribution < -0.4 is 5.32 Å². The standard InChI is InChI=1S/C20H17FN2O2/c1-12(24)13-2-5-15(6-3-13)23-19(25)20(8-9-20)17-11-22-18-10-14(21)4-7-16(17)18/h2-7,10-11,22H,8-9H2,1H3,(H,23,25). The van der Waals surface area contributed by atoms with Crippen molar-refractivity contribution < 1.29 is 14.0 Å². The summed E-state index contributed by atoms with van der Waals surface area (Å²) in [4.78, 5) is 27.2. The van der Waals surface area contributed by atoms with Gasteiger partial charge in [0.1, 0.15) is 5.82 Å². The predicted octanol–water partition coefficient (Wildman–Crippen LogP) is 4.18. The van der Waals surface area contributed by atoms with Crippen molar-refractivity contribution in [3.63, 3.8) is 0 Å². The van der Waals surface area contributed by atoms with Crippen molar-refractivity contribution in [2.45, 2.75) is 25.2 Å². The number of benzene rings is 2. The molecule has 4 rings (SSSR count). The van der Waals surface area contributed by atoms with Gasteiger partial charge in [-0.05, 0) is 67.8 Å². The van der Waals surface area contributed by atoms with E-state index in [1.54, 1.807) is 36.5 Å². The van der Waals surface area contributed by atoms with Crippen molar-refractivity contribution in [3.05, 3.63) is 65.6 Å². The van der Waals surface area contributed by atoms with Crippen molar-refractivity contribution >= 4 is 28.3 Å². The number of carbonyl (C=O) groups is 2. The second-order valence-electron chi connectivity index (χ2n) is 6.56. The van der Waals surface area contributed by atoms with Crippen molar-refractivity contribution in [3.8, 4) is 0 Å². The van der Waals surface area contributed by atoms with Crippen LogP contribution in [0.25, 0.3) is 10.9 Å². The molecule has 1 aliphatic rings. The highest BCUT2D eigenvalue weighted by Crippen LogP contribution is 2.51. The maximum Gasteiger partial charge on any atom is 0.235 e. The highest BCUT2D eigenvalue weighted by molar-refractivity contribution is 6.04. The Balaban J connectivity index is 1.61. The van der Waals surface area contributed by atoms with Crippen LogP contribution in [0.15, 0.2) is 48.7 Å². The van der Waals surface area contributed by atoms with E-state index < -0.39 is 5.41 Å². The SMILES string of the molecule is CC(=O)c1ccc(NC(=O)C2(c3c[nH]c4cc(F)ccc34)CC2)cc1. The lowest BCUT2D eigenvalue weighted by Crippen LogP contribution is -2.27. The fourth-order valence-electron chi connectivity index (χ4n) is 3.28. The van der Waals surface area contributed by atoms with Crippen LogP contribution >= 0.6 is 0 Å². The van der Waals surface area contributed by atoms with E-state index in [0.717, 1.165) is 23.8 Å². The molecule has 0 saturated heterocycles. The Morgan fingerprint density at radius 2 is 1.84 bits per heavy atom. The number of aromatic amines is 1. The first-order chi connectivity index (χ1) is 12.0. The van der Waals surface area contributed by atoms with Crippen LogP contribution in [0.5, 0.6) is 0 Å². The van der Waals surface area contributed by atoms with Gasteiger partial charge in [-0.25, -0.2) is 4.39 Å². The average Bonchev–Trinajstić information content (AvgIpc) is 3.29. The monoisotopic (exact) mass is 336 g/mol. The van der Waals surface area contributed by atoms with Crippen LogP contribution in [0, 0.1) is 5.82 Å². The van der Waals surface area contributed by atoms with Crippen LogP contribution in [-0.2, 0) is 10.2 Å². The van der Waals surface area contributed by atoms with E-state index in [2.05, 4.69) is 10.3 Å². The molecule has 126 valence electrons. The summed E-state index contributed by atoms with van der Waals surface area (Å²) in [6.07, 6.45) is 3.32. The molecule has 0 unspecified atom stereocenters. The van der Waals surface area contributed by atoms with Crippen LogP contribution in [0.4, 0.5) is 10.1 Å². The Labute approximate surface area is 144 Å². The molecule has 0 bridgehead atoms. The van der Waals surface area contributed by atoms with Gasteiger partial charge in [-0.3, -0.25) is 9.59 Å². The lowest BCUT2D eigenvalue weighted by Gasteiger charge is -2.15. The number of hydrogen-bond acceptors (Lipinski definition) is 2. The van der Waals surface area contributed by atoms with E-state index >= 15 is 0 Å². The maximum absolute atomic E-state index is 13.4. The third kappa shape index (κ3) is 2.61. The number of aromatic nitrogens is 1. The van der Waals surface area contributed by atoms with Gasteiger partial charge >= 0.3 is 0 Å². The highest BCUT2D eigenvalue weighted by Gasteiger charge is 2.52. The Bertz CT molecular complexity index is 985. The smallest absolute Gasteiger partial charge is 0.235 e. The average molecular weight is 336 g/mol. The molecular formula is C20H17FN2O2. The van der Waals surface area contributed by atoms with E-state index in [9.17, 15) is 14.0 Å².